The lowest BCUT2D eigenvalue weighted by molar-refractivity contribution is 0.173. The lowest BCUT2D eigenvalue weighted by Crippen LogP contribution is -2.15. The first kappa shape index (κ1) is 12.7. The van der Waals surface area contributed by atoms with Crippen LogP contribution in [0.3, 0.4) is 0 Å². The second-order valence-electron chi connectivity index (χ2n) is 4.86. The van der Waals surface area contributed by atoms with Crippen LogP contribution in [0.4, 0.5) is 0 Å². The van der Waals surface area contributed by atoms with Crippen molar-refractivity contribution in [1.82, 2.24) is 0 Å². The quantitative estimate of drug-likeness (QED) is 0.881. The van der Waals surface area contributed by atoms with Gasteiger partial charge in [-0.15, -0.1) is 0 Å². The molecule has 1 atom stereocenters. The SMILES string of the molecule is COc1cc(O)cc2c1CCC(c1ccc(O)cc1)O2. The number of hydrogen-bond acceptors (Lipinski definition) is 4. The smallest absolute Gasteiger partial charge is 0.130 e. The molecule has 104 valence electrons. The minimum Gasteiger partial charge on any atom is -0.508 e. The van der Waals surface area contributed by atoms with E-state index in [0.29, 0.717) is 11.5 Å². The van der Waals surface area contributed by atoms with E-state index in [2.05, 4.69) is 0 Å². The molecule has 1 heterocycles. The lowest BCUT2D eigenvalue weighted by Gasteiger charge is -2.27. The van der Waals surface area contributed by atoms with Crippen LogP contribution in [-0.2, 0) is 6.42 Å². The van der Waals surface area contributed by atoms with Crippen molar-refractivity contribution in [3.8, 4) is 23.0 Å². The van der Waals surface area contributed by atoms with Crippen molar-refractivity contribution in [2.45, 2.75) is 18.9 Å². The summed E-state index contributed by atoms with van der Waals surface area (Å²) in [6.07, 6.45) is 1.58. The van der Waals surface area contributed by atoms with Gasteiger partial charge in [-0.1, -0.05) is 12.1 Å². The summed E-state index contributed by atoms with van der Waals surface area (Å²) in [7, 11) is 1.58. The van der Waals surface area contributed by atoms with Crippen molar-refractivity contribution in [2.24, 2.45) is 0 Å². The molecule has 1 aliphatic heterocycles. The van der Waals surface area contributed by atoms with Crippen LogP contribution in [0.15, 0.2) is 36.4 Å². The van der Waals surface area contributed by atoms with Crippen LogP contribution >= 0.6 is 0 Å². The van der Waals surface area contributed by atoms with Crippen molar-refractivity contribution in [2.75, 3.05) is 7.11 Å². The van der Waals surface area contributed by atoms with Gasteiger partial charge in [0.1, 0.15) is 29.1 Å². The fourth-order valence-electron chi connectivity index (χ4n) is 2.55. The molecule has 0 bridgehead atoms. The monoisotopic (exact) mass is 272 g/mol. The fraction of sp³-hybridized carbons (Fsp3) is 0.250. The zero-order valence-corrected chi connectivity index (χ0v) is 11.2. The van der Waals surface area contributed by atoms with Gasteiger partial charge in [0.2, 0.25) is 0 Å². The molecular weight excluding hydrogens is 256 g/mol. The third-order valence-corrected chi connectivity index (χ3v) is 3.56. The Bertz CT molecular complexity index is 619. The molecule has 1 aliphatic rings. The predicted molar refractivity (Wildman–Crippen MR) is 74.5 cm³/mol. The third kappa shape index (κ3) is 2.25. The zero-order chi connectivity index (χ0) is 14.1. The van der Waals surface area contributed by atoms with E-state index < -0.39 is 0 Å². The minimum atomic E-state index is -0.0744. The van der Waals surface area contributed by atoms with E-state index >= 15 is 0 Å². The Labute approximate surface area is 117 Å². The van der Waals surface area contributed by atoms with Crippen LogP contribution in [0.1, 0.15) is 23.7 Å². The summed E-state index contributed by atoms with van der Waals surface area (Å²) in [5, 5.41) is 19.0. The maximum absolute atomic E-state index is 9.70. The number of methoxy groups -OCH3 is 1. The van der Waals surface area contributed by atoms with Crippen LogP contribution in [0.25, 0.3) is 0 Å². The Morgan fingerprint density at radius 3 is 2.55 bits per heavy atom. The Hall–Kier alpha value is -2.36. The molecule has 20 heavy (non-hydrogen) atoms. The second kappa shape index (κ2) is 4.96. The second-order valence-corrected chi connectivity index (χ2v) is 4.86. The van der Waals surface area contributed by atoms with Gasteiger partial charge in [0.25, 0.3) is 0 Å². The van der Waals surface area contributed by atoms with Crippen molar-refractivity contribution >= 4 is 0 Å². The summed E-state index contributed by atoms with van der Waals surface area (Å²) < 4.78 is 11.2. The number of phenolic OH excluding ortho intramolecular Hbond substituents is 2. The number of hydrogen-bond donors (Lipinski definition) is 2. The molecule has 4 heteroatoms. The average Bonchev–Trinajstić information content (AvgIpc) is 2.46. The first-order valence-corrected chi connectivity index (χ1v) is 6.53. The first-order chi connectivity index (χ1) is 9.67. The minimum absolute atomic E-state index is 0.0744. The molecule has 0 radical (unpaired) electrons. The van der Waals surface area contributed by atoms with Gasteiger partial charge >= 0.3 is 0 Å². The largest absolute Gasteiger partial charge is 0.508 e. The fourth-order valence-corrected chi connectivity index (χ4v) is 2.55. The molecule has 1 unspecified atom stereocenters. The van der Waals surface area contributed by atoms with Crippen molar-refractivity contribution < 1.29 is 19.7 Å². The molecular formula is C16H16O4. The van der Waals surface area contributed by atoms with Gasteiger partial charge in [0.05, 0.1) is 7.11 Å². The highest BCUT2D eigenvalue weighted by molar-refractivity contribution is 5.51. The summed E-state index contributed by atoms with van der Waals surface area (Å²) in [6, 6.07) is 10.2. The van der Waals surface area contributed by atoms with Crippen LogP contribution in [0.2, 0.25) is 0 Å². The summed E-state index contributed by atoms with van der Waals surface area (Å²) in [6.45, 7) is 0. The Kier molecular flexibility index (Phi) is 3.14. The number of benzene rings is 2. The number of aromatic hydroxyl groups is 2. The first-order valence-electron chi connectivity index (χ1n) is 6.53. The van der Waals surface area contributed by atoms with Crippen LogP contribution < -0.4 is 9.47 Å². The summed E-state index contributed by atoms with van der Waals surface area (Å²) in [5.41, 5.74) is 2.00. The lowest BCUT2D eigenvalue weighted by atomic mass is 9.96. The van der Waals surface area contributed by atoms with E-state index in [1.165, 1.54) is 0 Å². The highest BCUT2D eigenvalue weighted by atomic mass is 16.5. The zero-order valence-electron chi connectivity index (χ0n) is 11.2. The Morgan fingerprint density at radius 2 is 1.85 bits per heavy atom. The Balaban J connectivity index is 1.92. The van der Waals surface area contributed by atoms with E-state index in [-0.39, 0.29) is 17.6 Å². The third-order valence-electron chi connectivity index (χ3n) is 3.56. The van der Waals surface area contributed by atoms with Gasteiger partial charge in [-0.2, -0.15) is 0 Å². The van der Waals surface area contributed by atoms with E-state index in [9.17, 15) is 10.2 Å². The van der Waals surface area contributed by atoms with E-state index in [0.717, 1.165) is 24.0 Å². The predicted octanol–water partition coefficient (Wildman–Crippen LogP) is 3.17. The summed E-state index contributed by atoms with van der Waals surface area (Å²) in [4.78, 5) is 0. The molecule has 0 saturated carbocycles. The van der Waals surface area contributed by atoms with E-state index in [4.69, 9.17) is 9.47 Å². The molecule has 0 aliphatic carbocycles. The maximum atomic E-state index is 9.70. The van der Waals surface area contributed by atoms with Gasteiger partial charge in [-0.05, 0) is 30.5 Å². The summed E-state index contributed by atoms with van der Waals surface area (Å²) >= 11 is 0. The topological polar surface area (TPSA) is 58.9 Å². The van der Waals surface area contributed by atoms with Gasteiger partial charge in [0, 0.05) is 17.7 Å². The molecule has 4 nitrogen and oxygen atoms in total. The molecule has 0 spiro atoms. The van der Waals surface area contributed by atoms with Gasteiger partial charge in [0.15, 0.2) is 0 Å². The number of ether oxygens (including phenoxy) is 2. The van der Waals surface area contributed by atoms with Crippen LogP contribution in [0, 0.1) is 0 Å². The van der Waals surface area contributed by atoms with E-state index in [1.807, 2.05) is 12.1 Å². The number of fused-ring (bicyclic) bond motifs is 1. The van der Waals surface area contributed by atoms with Crippen molar-refractivity contribution in [3.05, 3.63) is 47.5 Å². The molecule has 0 amide bonds. The normalized spacial score (nSPS) is 17.1. The van der Waals surface area contributed by atoms with Gasteiger partial charge in [-0.3, -0.25) is 0 Å². The molecule has 0 aromatic heterocycles. The molecule has 2 N–H and O–H groups in total. The van der Waals surface area contributed by atoms with Crippen molar-refractivity contribution in [1.29, 1.82) is 0 Å². The van der Waals surface area contributed by atoms with Crippen molar-refractivity contribution in [3.63, 3.8) is 0 Å². The molecule has 3 rings (SSSR count). The Morgan fingerprint density at radius 1 is 1.10 bits per heavy atom. The number of rotatable bonds is 2. The van der Waals surface area contributed by atoms with Crippen LogP contribution in [0.5, 0.6) is 23.0 Å². The molecule has 2 aromatic rings. The van der Waals surface area contributed by atoms with Gasteiger partial charge in [-0.25, -0.2) is 0 Å². The number of phenols is 2. The average molecular weight is 272 g/mol. The van der Waals surface area contributed by atoms with E-state index in [1.54, 1.807) is 31.4 Å². The standard InChI is InChI=1S/C16H16O4/c1-19-15-8-12(18)9-16-13(15)6-7-14(20-16)10-2-4-11(17)5-3-10/h2-5,8-9,14,17-18H,6-7H2,1H3. The highest BCUT2D eigenvalue weighted by Gasteiger charge is 2.24. The highest BCUT2D eigenvalue weighted by Crippen LogP contribution is 2.42. The molecule has 0 fully saturated rings. The van der Waals surface area contributed by atoms with Gasteiger partial charge < -0.3 is 19.7 Å². The maximum Gasteiger partial charge on any atom is 0.130 e. The van der Waals surface area contributed by atoms with Crippen LogP contribution in [-0.4, -0.2) is 17.3 Å². The molecule has 2 aromatic carbocycles. The summed E-state index contributed by atoms with van der Waals surface area (Å²) in [5.74, 6) is 1.69. The molecule has 0 saturated heterocycles.